The Morgan fingerprint density at radius 3 is 2.55 bits per heavy atom. The molecule has 0 amide bonds. The maximum absolute atomic E-state index is 13.8. The van der Waals surface area contributed by atoms with E-state index < -0.39 is 23.2 Å². The number of aromatic nitrogens is 1. The minimum absolute atomic E-state index is 0.0213. The normalized spacial score (nSPS) is 10.2. The van der Waals surface area contributed by atoms with Crippen molar-refractivity contribution in [3.05, 3.63) is 59.4 Å². The molecule has 0 aliphatic carbocycles. The monoisotopic (exact) mass is 278 g/mol. The van der Waals surface area contributed by atoms with Gasteiger partial charge in [0.15, 0.2) is 11.6 Å². The van der Waals surface area contributed by atoms with Crippen molar-refractivity contribution in [3.63, 3.8) is 0 Å². The second kappa shape index (κ2) is 6.10. The van der Waals surface area contributed by atoms with Crippen LogP contribution in [0.1, 0.15) is 15.9 Å². The Bertz CT molecular complexity index is 618. The molecule has 0 bridgehead atoms. The van der Waals surface area contributed by atoms with Crippen LogP contribution >= 0.6 is 0 Å². The topological polar surface area (TPSA) is 51.2 Å². The first-order valence-electron chi connectivity index (χ1n) is 5.82. The van der Waals surface area contributed by atoms with E-state index in [0.29, 0.717) is 6.54 Å². The summed E-state index contributed by atoms with van der Waals surface area (Å²) in [4.78, 5) is 15.1. The van der Waals surface area contributed by atoms with Gasteiger partial charge in [-0.05, 0) is 29.8 Å². The molecule has 0 saturated carbocycles. The van der Waals surface area contributed by atoms with Gasteiger partial charge in [0.05, 0.1) is 18.4 Å². The lowest BCUT2D eigenvalue weighted by atomic mass is 10.1. The Morgan fingerprint density at radius 1 is 1.20 bits per heavy atom. The highest BCUT2D eigenvalue weighted by molar-refractivity contribution is 5.90. The van der Waals surface area contributed by atoms with E-state index in [2.05, 4.69) is 15.0 Å². The molecule has 1 N–H and O–H groups in total. The number of benzene rings is 1. The molecule has 1 aromatic carbocycles. The zero-order valence-electron chi connectivity index (χ0n) is 10.7. The molecule has 6 heteroatoms. The Hall–Kier alpha value is -2.50. The number of carbonyl (C=O) groups is 1. The van der Waals surface area contributed by atoms with Crippen molar-refractivity contribution in [3.8, 4) is 0 Å². The van der Waals surface area contributed by atoms with Crippen molar-refractivity contribution in [1.29, 1.82) is 0 Å². The average molecular weight is 278 g/mol. The lowest BCUT2D eigenvalue weighted by molar-refractivity contribution is 0.0594. The van der Waals surface area contributed by atoms with Gasteiger partial charge in [-0.25, -0.2) is 13.6 Å². The third-order valence-electron chi connectivity index (χ3n) is 2.72. The summed E-state index contributed by atoms with van der Waals surface area (Å²) in [5, 5.41) is 2.76. The van der Waals surface area contributed by atoms with Crippen molar-refractivity contribution in [2.75, 3.05) is 12.4 Å². The highest BCUT2D eigenvalue weighted by atomic mass is 19.2. The van der Waals surface area contributed by atoms with E-state index >= 15 is 0 Å². The van der Waals surface area contributed by atoms with Crippen LogP contribution in [0.4, 0.5) is 14.5 Å². The number of halogens is 2. The summed E-state index contributed by atoms with van der Waals surface area (Å²) in [5.41, 5.74) is 0.420. The van der Waals surface area contributed by atoms with Crippen LogP contribution < -0.4 is 5.32 Å². The number of hydrogen-bond donors (Lipinski definition) is 1. The summed E-state index contributed by atoms with van der Waals surface area (Å²) in [6.07, 6.45) is 3.21. The number of esters is 1. The number of rotatable bonds is 4. The van der Waals surface area contributed by atoms with Crippen LogP contribution in [0.15, 0.2) is 36.7 Å². The van der Waals surface area contributed by atoms with Crippen molar-refractivity contribution in [1.82, 2.24) is 4.98 Å². The standard InChI is InChI=1S/C14H12F2N2O2/c1-20-14(19)10-2-3-11(13(16)12(10)15)18-8-9-4-6-17-7-5-9/h2-7,18H,8H2,1H3. The van der Waals surface area contributed by atoms with Crippen LogP contribution in [0.2, 0.25) is 0 Å². The molecule has 2 aromatic rings. The Labute approximate surface area is 114 Å². The van der Waals surface area contributed by atoms with Gasteiger partial charge in [-0.3, -0.25) is 4.98 Å². The van der Waals surface area contributed by atoms with Gasteiger partial charge in [0.1, 0.15) is 0 Å². The maximum Gasteiger partial charge on any atom is 0.340 e. The number of pyridine rings is 1. The number of ether oxygens (including phenoxy) is 1. The molecule has 0 radical (unpaired) electrons. The van der Waals surface area contributed by atoms with Gasteiger partial charge in [0, 0.05) is 18.9 Å². The molecule has 0 spiro atoms. The Balaban J connectivity index is 2.18. The number of methoxy groups -OCH3 is 1. The van der Waals surface area contributed by atoms with Crippen LogP contribution in [0.5, 0.6) is 0 Å². The predicted molar refractivity (Wildman–Crippen MR) is 69.3 cm³/mol. The summed E-state index contributed by atoms with van der Waals surface area (Å²) in [6.45, 7) is 0.316. The summed E-state index contributed by atoms with van der Waals surface area (Å²) in [6, 6.07) is 5.99. The van der Waals surface area contributed by atoms with E-state index in [-0.39, 0.29) is 5.69 Å². The van der Waals surface area contributed by atoms with Gasteiger partial charge in [-0.15, -0.1) is 0 Å². The fraction of sp³-hybridized carbons (Fsp3) is 0.143. The van der Waals surface area contributed by atoms with E-state index in [9.17, 15) is 13.6 Å². The van der Waals surface area contributed by atoms with Crippen LogP contribution in [0.3, 0.4) is 0 Å². The molecule has 20 heavy (non-hydrogen) atoms. The fourth-order valence-corrected chi connectivity index (χ4v) is 1.65. The van der Waals surface area contributed by atoms with Gasteiger partial charge >= 0.3 is 5.97 Å². The molecule has 0 aliphatic heterocycles. The maximum atomic E-state index is 13.8. The van der Waals surface area contributed by atoms with E-state index in [1.165, 1.54) is 12.1 Å². The van der Waals surface area contributed by atoms with Crippen molar-refractivity contribution in [2.45, 2.75) is 6.54 Å². The molecule has 1 aromatic heterocycles. The number of nitrogens with one attached hydrogen (secondary N) is 1. The third kappa shape index (κ3) is 2.90. The second-order valence-electron chi connectivity index (χ2n) is 3.99. The zero-order chi connectivity index (χ0) is 14.5. The van der Waals surface area contributed by atoms with Gasteiger partial charge in [0.2, 0.25) is 0 Å². The van der Waals surface area contributed by atoms with Gasteiger partial charge in [-0.1, -0.05) is 0 Å². The lowest BCUT2D eigenvalue weighted by Gasteiger charge is -2.10. The van der Waals surface area contributed by atoms with Crippen molar-refractivity contribution < 1.29 is 18.3 Å². The van der Waals surface area contributed by atoms with E-state index in [1.54, 1.807) is 24.5 Å². The molecule has 0 atom stereocenters. The average Bonchev–Trinajstić information content (AvgIpc) is 2.49. The van der Waals surface area contributed by atoms with Crippen molar-refractivity contribution in [2.24, 2.45) is 0 Å². The zero-order valence-corrected chi connectivity index (χ0v) is 10.7. The molecule has 2 rings (SSSR count). The van der Waals surface area contributed by atoms with Crippen LogP contribution in [-0.4, -0.2) is 18.1 Å². The third-order valence-corrected chi connectivity index (χ3v) is 2.72. The molecule has 4 nitrogen and oxygen atoms in total. The molecule has 0 unspecified atom stereocenters. The summed E-state index contributed by atoms with van der Waals surface area (Å²) in [5.74, 6) is -3.25. The lowest BCUT2D eigenvalue weighted by Crippen LogP contribution is -2.09. The van der Waals surface area contributed by atoms with Crippen LogP contribution in [0, 0.1) is 11.6 Å². The van der Waals surface area contributed by atoms with E-state index in [4.69, 9.17) is 0 Å². The first-order valence-corrected chi connectivity index (χ1v) is 5.82. The highest BCUT2D eigenvalue weighted by Gasteiger charge is 2.18. The molecule has 104 valence electrons. The SMILES string of the molecule is COC(=O)c1ccc(NCc2ccncc2)c(F)c1F. The number of hydrogen-bond acceptors (Lipinski definition) is 4. The molecular formula is C14H12F2N2O2. The molecule has 0 saturated heterocycles. The number of nitrogens with zero attached hydrogens (tertiary/aromatic N) is 1. The number of anilines is 1. The largest absolute Gasteiger partial charge is 0.465 e. The van der Waals surface area contributed by atoms with Gasteiger partial charge < -0.3 is 10.1 Å². The first kappa shape index (κ1) is 13.9. The molecule has 1 heterocycles. The van der Waals surface area contributed by atoms with Crippen LogP contribution in [-0.2, 0) is 11.3 Å². The van der Waals surface area contributed by atoms with E-state index in [0.717, 1.165) is 12.7 Å². The van der Waals surface area contributed by atoms with Gasteiger partial charge in [0.25, 0.3) is 0 Å². The fourth-order valence-electron chi connectivity index (χ4n) is 1.65. The van der Waals surface area contributed by atoms with Crippen LogP contribution in [0.25, 0.3) is 0 Å². The van der Waals surface area contributed by atoms with E-state index in [1.807, 2.05) is 0 Å². The summed E-state index contributed by atoms with van der Waals surface area (Å²) in [7, 11) is 1.11. The first-order chi connectivity index (χ1) is 9.63. The van der Waals surface area contributed by atoms with Crippen molar-refractivity contribution >= 4 is 11.7 Å². The number of carbonyl (C=O) groups excluding carboxylic acids is 1. The minimum atomic E-state index is -1.23. The summed E-state index contributed by atoms with van der Waals surface area (Å²) >= 11 is 0. The molecule has 0 fully saturated rings. The predicted octanol–water partition coefficient (Wildman–Crippen LogP) is 2.76. The highest BCUT2D eigenvalue weighted by Crippen LogP contribution is 2.21. The second-order valence-corrected chi connectivity index (χ2v) is 3.99. The Kier molecular flexibility index (Phi) is 4.24. The summed E-state index contributed by atoms with van der Waals surface area (Å²) < 4.78 is 31.9. The molecular weight excluding hydrogens is 266 g/mol. The molecule has 0 aliphatic rings. The van der Waals surface area contributed by atoms with Gasteiger partial charge in [-0.2, -0.15) is 0 Å². The quantitative estimate of drug-likeness (QED) is 0.874. The smallest absolute Gasteiger partial charge is 0.340 e. The Morgan fingerprint density at radius 2 is 1.90 bits per heavy atom. The minimum Gasteiger partial charge on any atom is -0.465 e.